The Morgan fingerprint density at radius 3 is 2.21 bits per heavy atom. The van der Waals surface area contributed by atoms with E-state index >= 15 is 0 Å². The molecule has 2 nitrogen and oxygen atoms in total. The van der Waals surface area contributed by atoms with Gasteiger partial charge in [-0.05, 0) is 18.4 Å². The van der Waals surface area contributed by atoms with Gasteiger partial charge in [-0.1, -0.05) is 30.3 Å². The number of rotatable bonds is 2. The molecule has 100 valence electrons. The van der Waals surface area contributed by atoms with Crippen LogP contribution in [0.4, 0.5) is 0 Å². The summed E-state index contributed by atoms with van der Waals surface area (Å²) in [6.07, 6.45) is 10.4. The van der Waals surface area contributed by atoms with Crippen LogP contribution in [0.3, 0.4) is 0 Å². The Labute approximate surface area is 115 Å². The van der Waals surface area contributed by atoms with Gasteiger partial charge in [0, 0.05) is 24.7 Å². The number of ether oxygens (including phenoxy) is 2. The molecule has 1 heterocycles. The number of hydrogen-bond donors (Lipinski definition) is 0. The molecule has 1 spiro atoms. The van der Waals surface area contributed by atoms with E-state index in [0.717, 1.165) is 45.3 Å². The highest BCUT2D eigenvalue weighted by Gasteiger charge is 2.46. The van der Waals surface area contributed by atoms with E-state index in [1.807, 2.05) is 0 Å². The molecular formula is C17H20O2. The number of terminal acetylenes is 1. The van der Waals surface area contributed by atoms with Gasteiger partial charge in [-0.2, -0.15) is 0 Å². The van der Waals surface area contributed by atoms with Crippen LogP contribution in [0.25, 0.3) is 0 Å². The first-order chi connectivity index (χ1) is 9.29. The zero-order valence-corrected chi connectivity index (χ0v) is 11.2. The molecule has 19 heavy (non-hydrogen) atoms. The highest BCUT2D eigenvalue weighted by Crippen LogP contribution is 2.47. The van der Waals surface area contributed by atoms with Gasteiger partial charge in [-0.25, -0.2) is 0 Å². The van der Waals surface area contributed by atoms with Crippen molar-refractivity contribution >= 4 is 0 Å². The number of benzene rings is 1. The molecule has 0 atom stereocenters. The van der Waals surface area contributed by atoms with Crippen LogP contribution >= 0.6 is 0 Å². The molecule has 1 saturated carbocycles. The van der Waals surface area contributed by atoms with Crippen molar-refractivity contribution in [3.63, 3.8) is 0 Å². The molecule has 2 aliphatic rings. The van der Waals surface area contributed by atoms with Crippen molar-refractivity contribution in [2.75, 3.05) is 13.2 Å². The normalized spacial score (nSPS) is 24.2. The smallest absolute Gasteiger partial charge is 0.168 e. The zero-order chi connectivity index (χ0) is 13.2. The molecule has 0 bridgehead atoms. The summed E-state index contributed by atoms with van der Waals surface area (Å²) >= 11 is 0. The first kappa shape index (κ1) is 12.7. The Morgan fingerprint density at radius 2 is 1.63 bits per heavy atom. The lowest BCUT2D eigenvalue weighted by molar-refractivity contribution is -0.185. The fraction of sp³-hybridized carbons (Fsp3) is 0.529. The minimum absolute atomic E-state index is 0.108. The van der Waals surface area contributed by atoms with Gasteiger partial charge in [-0.15, -0.1) is 12.3 Å². The van der Waals surface area contributed by atoms with E-state index in [1.54, 1.807) is 0 Å². The van der Waals surface area contributed by atoms with Crippen molar-refractivity contribution in [1.82, 2.24) is 0 Å². The van der Waals surface area contributed by atoms with Crippen LogP contribution in [0, 0.1) is 12.3 Å². The summed E-state index contributed by atoms with van der Waals surface area (Å²) in [5.74, 6) is 2.56. The topological polar surface area (TPSA) is 18.5 Å². The third-order valence-electron chi connectivity index (χ3n) is 4.61. The lowest BCUT2D eigenvalue weighted by Gasteiger charge is -2.43. The molecule has 2 heteroatoms. The summed E-state index contributed by atoms with van der Waals surface area (Å²) in [6.45, 7) is 1.46. The first-order valence-electron chi connectivity index (χ1n) is 7.06. The van der Waals surface area contributed by atoms with Crippen molar-refractivity contribution in [3.8, 4) is 12.3 Å². The van der Waals surface area contributed by atoms with E-state index in [4.69, 9.17) is 15.9 Å². The van der Waals surface area contributed by atoms with Crippen molar-refractivity contribution in [3.05, 3.63) is 35.9 Å². The third kappa shape index (κ3) is 2.29. The van der Waals surface area contributed by atoms with Crippen molar-refractivity contribution < 1.29 is 9.47 Å². The second-order valence-corrected chi connectivity index (χ2v) is 5.63. The number of hydrogen-bond acceptors (Lipinski definition) is 2. The van der Waals surface area contributed by atoms with E-state index < -0.39 is 0 Å². The highest BCUT2D eigenvalue weighted by molar-refractivity contribution is 5.28. The Hall–Kier alpha value is -1.30. The van der Waals surface area contributed by atoms with E-state index in [-0.39, 0.29) is 11.2 Å². The maximum Gasteiger partial charge on any atom is 0.168 e. The molecule has 1 aliphatic heterocycles. The van der Waals surface area contributed by atoms with Gasteiger partial charge in [0.2, 0.25) is 0 Å². The maximum absolute atomic E-state index is 5.81. The van der Waals surface area contributed by atoms with E-state index in [1.165, 1.54) is 5.56 Å². The fourth-order valence-electron chi connectivity index (χ4n) is 3.45. The van der Waals surface area contributed by atoms with Crippen molar-refractivity contribution in [2.45, 2.75) is 43.3 Å². The second kappa shape index (κ2) is 5.00. The van der Waals surface area contributed by atoms with E-state index in [2.05, 4.69) is 36.3 Å². The molecule has 1 aromatic rings. The molecule has 0 aromatic heterocycles. The second-order valence-electron chi connectivity index (χ2n) is 5.63. The minimum Gasteiger partial charge on any atom is -0.348 e. The summed E-state index contributed by atoms with van der Waals surface area (Å²) in [4.78, 5) is 0. The van der Waals surface area contributed by atoms with Gasteiger partial charge in [0.15, 0.2) is 5.79 Å². The summed E-state index contributed by atoms with van der Waals surface area (Å²) < 4.78 is 11.6. The van der Waals surface area contributed by atoms with Gasteiger partial charge in [0.25, 0.3) is 0 Å². The molecule has 0 N–H and O–H groups in total. The van der Waals surface area contributed by atoms with Crippen LogP contribution in [-0.2, 0) is 14.9 Å². The van der Waals surface area contributed by atoms with Gasteiger partial charge in [0.1, 0.15) is 0 Å². The lowest BCUT2D eigenvalue weighted by Crippen LogP contribution is -2.42. The Morgan fingerprint density at radius 1 is 1.00 bits per heavy atom. The van der Waals surface area contributed by atoms with Gasteiger partial charge in [-0.3, -0.25) is 0 Å². The minimum atomic E-state index is -0.313. The third-order valence-corrected chi connectivity index (χ3v) is 4.61. The predicted molar refractivity (Wildman–Crippen MR) is 74.7 cm³/mol. The predicted octanol–water partition coefficient (Wildman–Crippen LogP) is 3.26. The quantitative estimate of drug-likeness (QED) is 0.756. The molecular weight excluding hydrogens is 236 g/mol. The highest BCUT2D eigenvalue weighted by atomic mass is 16.7. The standard InChI is InChI=1S/C17H20O2/c1-2-8-16(15-6-4-3-5-7-15)9-11-17(12-10-16)18-13-14-19-17/h1,3-7H,8-14H2. The molecule has 0 radical (unpaired) electrons. The van der Waals surface area contributed by atoms with E-state index in [0.29, 0.717) is 0 Å². The maximum atomic E-state index is 5.81. The monoisotopic (exact) mass is 256 g/mol. The molecule has 0 unspecified atom stereocenters. The van der Waals surface area contributed by atoms with Crippen molar-refractivity contribution in [1.29, 1.82) is 0 Å². The van der Waals surface area contributed by atoms with Gasteiger partial charge in [0.05, 0.1) is 13.2 Å². The molecule has 1 aliphatic carbocycles. The van der Waals surface area contributed by atoms with Gasteiger partial charge < -0.3 is 9.47 Å². The molecule has 1 saturated heterocycles. The van der Waals surface area contributed by atoms with E-state index in [9.17, 15) is 0 Å². The summed E-state index contributed by atoms with van der Waals surface area (Å²) in [5, 5.41) is 0. The van der Waals surface area contributed by atoms with Crippen LogP contribution in [0.1, 0.15) is 37.7 Å². The Kier molecular flexibility index (Phi) is 3.35. The largest absolute Gasteiger partial charge is 0.348 e. The lowest BCUT2D eigenvalue weighted by atomic mass is 9.66. The van der Waals surface area contributed by atoms with Crippen LogP contribution in [0.15, 0.2) is 30.3 Å². The Balaban J connectivity index is 1.83. The molecule has 1 aromatic carbocycles. The molecule has 3 rings (SSSR count). The Bertz CT molecular complexity index is 456. The molecule has 0 amide bonds. The summed E-state index contributed by atoms with van der Waals surface area (Å²) in [7, 11) is 0. The average Bonchev–Trinajstić information content (AvgIpc) is 2.92. The van der Waals surface area contributed by atoms with Crippen LogP contribution in [0.5, 0.6) is 0 Å². The van der Waals surface area contributed by atoms with Gasteiger partial charge >= 0.3 is 0 Å². The first-order valence-corrected chi connectivity index (χ1v) is 7.06. The van der Waals surface area contributed by atoms with Crippen LogP contribution in [-0.4, -0.2) is 19.0 Å². The zero-order valence-electron chi connectivity index (χ0n) is 11.2. The summed E-state index contributed by atoms with van der Waals surface area (Å²) in [6, 6.07) is 10.7. The summed E-state index contributed by atoms with van der Waals surface area (Å²) in [5.41, 5.74) is 1.47. The van der Waals surface area contributed by atoms with Crippen LogP contribution in [0.2, 0.25) is 0 Å². The SMILES string of the molecule is C#CCC1(c2ccccc2)CCC2(CC1)OCCO2. The average molecular weight is 256 g/mol. The fourth-order valence-corrected chi connectivity index (χ4v) is 3.45. The van der Waals surface area contributed by atoms with Crippen molar-refractivity contribution in [2.24, 2.45) is 0 Å². The van der Waals surface area contributed by atoms with Crippen LogP contribution < -0.4 is 0 Å². The molecule has 2 fully saturated rings.